The van der Waals surface area contributed by atoms with Crippen molar-refractivity contribution >= 4 is 0 Å². The third kappa shape index (κ3) is 25.7. The van der Waals surface area contributed by atoms with Crippen molar-refractivity contribution in [3.05, 3.63) is 17.7 Å². The molecule has 19 rings (SSSR count). The molecule has 0 aromatic heterocycles. The second-order valence-electron chi connectivity index (χ2n) is 50.7. The molecule has 0 radical (unpaired) electrons. The van der Waals surface area contributed by atoms with Crippen molar-refractivity contribution in [3.63, 3.8) is 0 Å². The number of hydrogen-bond acceptors (Lipinski definition) is 15. The molecule has 0 aromatic rings. The molecule has 18 atom stereocenters. The molecule has 19 fully saturated rings. The molecule has 17 heterocycles. The van der Waals surface area contributed by atoms with Gasteiger partial charge < -0.3 is 30.0 Å². The summed E-state index contributed by atoms with van der Waals surface area (Å²) in [6.45, 7) is 86.3. The van der Waals surface area contributed by atoms with Crippen LogP contribution < -0.4 is 0 Å². The number of fused-ring (bicyclic) bond motifs is 17. The molecule has 1 N–H and O–H groups in total. The maximum atomic E-state index is 9.52. The minimum Gasteiger partial charge on any atom is -0.662 e. The van der Waals surface area contributed by atoms with Gasteiger partial charge in [-0.15, -0.1) is 6.04 Å². The van der Waals surface area contributed by atoms with Crippen LogP contribution >= 0.6 is 0 Å². The van der Waals surface area contributed by atoms with Crippen LogP contribution in [0.25, 0.3) is 5.32 Å². The Kier molecular flexibility index (Phi) is 34.1. The molecule has 14 bridgehead atoms. The number of piperazine rings is 4. The third-order valence-corrected chi connectivity index (χ3v) is 32.7. The Morgan fingerprint density at radius 1 is 0.288 bits per heavy atom. The number of piperidine rings is 5. The summed E-state index contributed by atoms with van der Waals surface area (Å²) in [4.78, 5) is 36.8. The Hall–Kier alpha value is -2.06. The minimum atomic E-state index is 0. The molecule has 118 heavy (non-hydrogen) atoms. The molecule has 2 aliphatic carbocycles. The van der Waals surface area contributed by atoms with Gasteiger partial charge >= 0.3 is 0 Å². The Balaban J connectivity index is 0.000000165. The first-order valence-electron chi connectivity index (χ1n) is 48.8. The fourth-order valence-electron chi connectivity index (χ4n) is 26.7. The molecule has 17 saturated heterocycles. The average molecular weight is 1910 g/mol. The van der Waals surface area contributed by atoms with Crippen LogP contribution in [-0.4, -0.2) is 349 Å². The van der Waals surface area contributed by atoms with Gasteiger partial charge in [0.2, 0.25) is 0 Å². The summed E-state index contributed by atoms with van der Waals surface area (Å²) in [5, 5.41) is 14.0. The smallest absolute Gasteiger partial charge is 0.0883 e. The summed E-state index contributed by atoms with van der Waals surface area (Å²) in [5.41, 5.74) is 3.30. The van der Waals surface area contributed by atoms with Crippen LogP contribution in [-0.2, 0) is 0 Å². The van der Waals surface area contributed by atoms with Crippen molar-refractivity contribution in [2.24, 2.45) is 35.5 Å². The zero-order valence-electron chi connectivity index (χ0n) is 83.6. The topological polar surface area (TPSA) is 79.7 Å². The largest absolute Gasteiger partial charge is 0.662 e. The van der Waals surface area contributed by atoms with Crippen LogP contribution in [0.4, 0.5) is 0 Å². The molecule has 16 nitrogen and oxygen atoms in total. The number of likely N-dealkylation sites (N-methyl/N-ethyl adjacent to an activating group) is 4. The number of allylic oxidation sites excluding steroid dienone is 1. The van der Waals surface area contributed by atoms with E-state index in [-0.39, 0.29) is 13.0 Å². The number of aliphatic hydroxyl groups excluding tert-OH is 1. The standard InChI is InChI=1S/C13H23NO.C12H23N2.4C11H22N2.C11H21N.C10H20N2.C10H19N.CH4.Rf/c1-9(15)10-7-11-5-6-12(8-10)14(11)13(2,3)4;1-12(2,3)14-10-5-6-11(14)8-9(7-10)13-4;1-11(2,3)13-7-9-5-12(4)6-10(9)8-13;1-11(2,3)13-8-9-5-6-10(13)7-12(9)4;1-11(2,3)13-7-9-5-6-10(8-13)12(9)4;1-11(2,3)13-9-5-6-10(13)8-12(4)7-9;1-11(2,3)12-7-9-5-4-6-10(9)8-12;1-10(2,3)12-7-8-5-9(12)6-11(8)4;1-10(2,3)11-7-8-4-5-9(11)6-8;;/h10-12,15H,1,5-8H2,2-4H3;9-11H,5-8H2,1-4H3;4*9-10H,5-8H2,1-4H3;9-10H,4-8H2,1-3H3;8-9H,5-7H2,1-4H3;8-9H,4-7H2,1-3H3;1H4;/q;-1;;;;;;;;;. The molecule has 19 aliphatic rings. The predicted octanol–water partition coefficient (Wildman–Crippen LogP) is 18.4. The van der Waals surface area contributed by atoms with Gasteiger partial charge in [0.05, 0.1) is 5.76 Å². The third-order valence-electron chi connectivity index (χ3n) is 32.7. The van der Waals surface area contributed by atoms with Crippen molar-refractivity contribution in [2.45, 2.75) is 464 Å². The minimum absolute atomic E-state index is 0. The molecule has 686 valence electrons. The first kappa shape index (κ1) is 101. The van der Waals surface area contributed by atoms with E-state index >= 15 is 0 Å². The summed E-state index contributed by atoms with van der Waals surface area (Å²) in [7, 11) is 13.3. The molecule has 0 aromatic carbocycles. The molecule has 17 aliphatic heterocycles. The molecule has 2 saturated carbocycles. The van der Waals surface area contributed by atoms with Crippen LogP contribution in [0, 0.1) is 35.5 Å². The van der Waals surface area contributed by atoms with Crippen LogP contribution in [0.1, 0.15) is 329 Å². The Morgan fingerprint density at radius 3 is 0.949 bits per heavy atom. The van der Waals surface area contributed by atoms with Crippen molar-refractivity contribution in [3.8, 4) is 0 Å². The number of likely N-dealkylation sites (tertiary alicyclic amines) is 8. The van der Waals surface area contributed by atoms with Gasteiger partial charge in [-0.25, -0.2) is 0 Å². The number of hydrogen-bond donors (Lipinski definition) is 1. The van der Waals surface area contributed by atoms with Gasteiger partial charge in [0, 0.05) is 232 Å². The monoisotopic (exact) mass is 1900 g/mol. The second-order valence-corrected chi connectivity index (χ2v) is 50.7. The normalized spacial score (nSPS) is 36.8. The SMILES string of the molecule is C.C=C(O)C1CC2CCC(C1)N2C(C)(C)C.CC(C)(C)N1CC2CCC1C2.CC(C)(C)N1CC2CCCC2C1.CN1C2CCC1CN(C(C)(C)C)C2.CN1CC2CC1CN2C(C)(C)C.CN1CC2CCC(C1)N2C(C)(C)C.CN1CC2CCC1CN2C(C)(C)C.CN1CC2CN(C(C)(C)C)CC2C1.C[N-]C1CC2CCC(C1)N2C(C)(C)C.[Rf]. The van der Waals surface area contributed by atoms with Gasteiger partial charge in [-0.1, -0.05) is 33.3 Å². The average Bonchev–Trinajstić information content (AvgIpc) is 1.59. The molecule has 0 spiro atoms. The molecular weight excluding hydrogens is 1710 g/mol. The number of nitrogens with zero attached hydrogens (tertiary/aromatic N) is 15. The zero-order valence-corrected chi connectivity index (χ0v) is 90.0. The van der Waals surface area contributed by atoms with E-state index in [1.807, 2.05) is 7.05 Å². The number of rotatable bonds is 2. The van der Waals surface area contributed by atoms with E-state index in [2.05, 4.69) is 303 Å². The first-order chi connectivity index (χ1) is 53.5. The van der Waals surface area contributed by atoms with Crippen LogP contribution in [0.15, 0.2) is 12.3 Å². The van der Waals surface area contributed by atoms with Crippen molar-refractivity contribution < 1.29 is 5.11 Å². The van der Waals surface area contributed by atoms with E-state index in [4.69, 9.17) is 0 Å². The van der Waals surface area contributed by atoms with E-state index in [0.717, 1.165) is 109 Å². The van der Waals surface area contributed by atoms with E-state index in [1.165, 1.54) is 220 Å². The Labute approximate surface area is 726 Å². The quantitative estimate of drug-likeness (QED) is 0.266. The molecular formula is C101H198N15ORf-. The zero-order chi connectivity index (χ0) is 85.9. The van der Waals surface area contributed by atoms with Crippen molar-refractivity contribution in [2.75, 3.05) is 140 Å². The van der Waals surface area contributed by atoms with E-state index in [0.29, 0.717) is 74.1 Å². The van der Waals surface area contributed by atoms with Crippen molar-refractivity contribution in [1.82, 2.24) is 68.6 Å². The molecule has 18 unspecified atom stereocenters. The van der Waals surface area contributed by atoms with Crippen LogP contribution in [0.5, 0.6) is 0 Å². The summed E-state index contributed by atoms with van der Waals surface area (Å²) in [6.07, 6.45) is 29.0. The van der Waals surface area contributed by atoms with Gasteiger partial charge in [0.1, 0.15) is 0 Å². The van der Waals surface area contributed by atoms with Gasteiger partial charge in [-0.3, -0.25) is 49.0 Å². The van der Waals surface area contributed by atoms with Gasteiger partial charge in [-0.05, 0) is 367 Å². The summed E-state index contributed by atoms with van der Waals surface area (Å²) < 4.78 is 0. The van der Waals surface area contributed by atoms with E-state index < -0.39 is 0 Å². The molecule has 17 heteroatoms. The maximum Gasteiger partial charge on any atom is 0.0883 e. The fourth-order valence-corrected chi connectivity index (χ4v) is 26.7. The van der Waals surface area contributed by atoms with E-state index in [9.17, 15) is 5.11 Å². The number of aliphatic hydroxyl groups is 1. The van der Waals surface area contributed by atoms with Gasteiger partial charge in [0.15, 0.2) is 0 Å². The summed E-state index contributed by atoms with van der Waals surface area (Å²) in [6, 6.07) is 11.1. The maximum absolute atomic E-state index is 9.52. The van der Waals surface area contributed by atoms with Crippen molar-refractivity contribution in [1.29, 1.82) is 0 Å². The first-order valence-corrected chi connectivity index (χ1v) is 48.8. The van der Waals surface area contributed by atoms with Crippen LogP contribution in [0.3, 0.4) is 0 Å². The van der Waals surface area contributed by atoms with Gasteiger partial charge in [0.25, 0.3) is 0 Å². The Bertz CT molecular complexity index is 2940. The fraction of sp³-hybridized carbons (Fsp3) is 0.980. The summed E-state index contributed by atoms with van der Waals surface area (Å²) >= 11 is 0. The van der Waals surface area contributed by atoms with Gasteiger partial charge in [-0.2, -0.15) is 7.05 Å². The van der Waals surface area contributed by atoms with E-state index in [1.54, 1.807) is 0 Å². The van der Waals surface area contributed by atoms with Crippen LogP contribution in [0.2, 0.25) is 0 Å². The summed E-state index contributed by atoms with van der Waals surface area (Å²) in [5.74, 6) is 5.78. The Morgan fingerprint density at radius 2 is 0.619 bits per heavy atom. The second kappa shape index (κ2) is 39.7. The predicted molar refractivity (Wildman–Crippen MR) is 505 cm³/mol. The molecule has 0 amide bonds.